The van der Waals surface area contributed by atoms with Crippen LogP contribution in [0.25, 0.3) is 0 Å². The van der Waals surface area contributed by atoms with Gasteiger partial charge in [0.05, 0.1) is 32.4 Å². The number of ether oxygens (including phenoxy) is 1. The first kappa shape index (κ1) is 17.4. The van der Waals surface area contributed by atoms with Crippen molar-refractivity contribution in [1.29, 1.82) is 0 Å². The summed E-state index contributed by atoms with van der Waals surface area (Å²) in [4.78, 5) is 39.5. The largest absolute Gasteiger partial charge is 0.467 e. The van der Waals surface area contributed by atoms with Crippen molar-refractivity contribution in [3.8, 4) is 0 Å². The van der Waals surface area contributed by atoms with Crippen LogP contribution in [0.5, 0.6) is 0 Å². The lowest BCUT2D eigenvalue weighted by molar-refractivity contribution is -0.131. The summed E-state index contributed by atoms with van der Waals surface area (Å²) in [6.07, 6.45) is 1.41. The molecule has 2 fully saturated rings. The number of hydrogen-bond donors (Lipinski definition) is 2. The van der Waals surface area contributed by atoms with E-state index in [2.05, 4.69) is 15.5 Å². The molecule has 0 saturated carbocycles. The summed E-state index contributed by atoms with van der Waals surface area (Å²) in [5.41, 5.74) is 0. The fourth-order valence-corrected chi connectivity index (χ4v) is 2.86. The molecule has 0 aliphatic carbocycles. The quantitative estimate of drug-likeness (QED) is 0.645. The molecule has 0 spiro atoms. The Balaban J connectivity index is 1.42. The summed E-state index contributed by atoms with van der Waals surface area (Å²) in [7, 11) is 0. The first-order valence-corrected chi connectivity index (χ1v) is 8.34. The van der Waals surface area contributed by atoms with E-state index in [9.17, 15) is 14.4 Å². The smallest absolute Gasteiger partial charge is 0.325 e. The molecule has 2 N–H and O–H groups in total. The van der Waals surface area contributed by atoms with Crippen LogP contribution in [0.1, 0.15) is 12.2 Å². The van der Waals surface area contributed by atoms with E-state index >= 15 is 0 Å². The van der Waals surface area contributed by atoms with E-state index in [-0.39, 0.29) is 18.9 Å². The predicted octanol–water partition coefficient (Wildman–Crippen LogP) is -0.461. The number of rotatable bonds is 7. The van der Waals surface area contributed by atoms with Crippen LogP contribution in [0.3, 0.4) is 0 Å². The highest BCUT2D eigenvalue weighted by atomic mass is 16.5. The average molecular weight is 350 g/mol. The maximum atomic E-state index is 12.3. The van der Waals surface area contributed by atoms with Crippen molar-refractivity contribution in [2.75, 3.05) is 39.4 Å². The maximum Gasteiger partial charge on any atom is 0.325 e. The third kappa shape index (κ3) is 4.58. The molecular formula is C16H22N4O5. The van der Waals surface area contributed by atoms with Crippen LogP contribution in [0.15, 0.2) is 22.8 Å². The molecule has 0 unspecified atom stereocenters. The van der Waals surface area contributed by atoms with Gasteiger partial charge in [0.1, 0.15) is 11.8 Å². The topological polar surface area (TPSA) is 104 Å². The highest BCUT2D eigenvalue weighted by Gasteiger charge is 2.39. The normalized spacial score (nSPS) is 21.4. The molecule has 2 aliphatic heterocycles. The number of hydrogen-bond acceptors (Lipinski definition) is 6. The molecule has 0 aromatic carbocycles. The number of morpholine rings is 1. The summed E-state index contributed by atoms with van der Waals surface area (Å²) in [6.45, 7) is 4.44. The zero-order chi connectivity index (χ0) is 17.6. The van der Waals surface area contributed by atoms with Gasteiger partial charge in [0.15, 0.2) is 0 Å². The monoisotopic (exact) mass is 350 g/mol. The van der Waals surface area contributed by atoms with Crippen LogP contribution >= 0.6 is 0 Å². The standard InChI is InChI=1S/C16H22N4O5/c21-14(17-3-4-19-5-8-24-9-6-19)10-13-15(22)20(16(23)18-13)11-12-2-1-7-25-12/h1-2,7,13H,3-6,8-11H2,(H,17,21)(H,18,23)/t13-/m1/s1. The van der Waals surface area contributed by atoms with Crippen molar-refractivity contribution in [2.45, 2.75) is 19.0 Å². The van der Waals surface area contributed by atoms with E-state index < -0.39 is 18.0 Å². The van der Waals surface area contributed by atoms with Crippen molar-refractivity contribution in [2.24, 2.45) is 0 Å². The Labute approximate surface area is 145 Å². The van der Waals surface area contributed by atoms with Gasteiger partial charge in [-0.3, -0.25) is 19.4 Å². The lowest BCUT2D eigenvalue weighted by atomic mass is 10.2. The molecule has 1 aromatic rings. The van der Waals surface area contributed by atoms with Crippen molar-refractivity contribution >= 4 is 17.8 Å². The first-order chi connectivity index (χ1) is 12.1. The minimum absolute atomic E-state index is 0.0623. The summed E-state index contributed by atoms with van der Waals surface area (Å²) < 4.78 is 10.4. The summed E-state index contributed by atoms with van der Waals surface area (Å²) >= 11 is 0. The SMILES string of the molecule is O=C(C[C@H]1NC(=O)N(Cc2ccco2)C1=O)NCCN1CCOCC1. The first-order valence-electron chi connectivity index (χ1n) is 8.34. The molecular weight excluding hydrogens is 328 g/mol. The Morgan fingerprint density at radius 2 is 2.12 bits per heavy atom. The highest BCUT2D eigenvalue weighted by Crippen LogP contribution is 2.14. The van der Waals surface area contributed by atoms with Crippen LogP contribution in [-0.4, -0.2) is 73.1 Å². The molecule has 9 nitrogen and oxygen atoms in total. The van der Waals surface area contributed by atoms with Crippen molar-refractivity contribution < 1.29 is 23.5 Å². The van der Waals surface area contributed by atoms with Gasteiger partial charge in [-0.25, -0.2) is 4.79 Å². The summed E-state index contributed by atoms with van der Waals surface area (Å²) in [5, 5.41) is 5.34. The molecule has 1 aromatic heterocycles. The zero-order valence-electron chi connectivity index (χ0n) is 13.9. The lowest BCUT2D eigenvalue weighted by Gasteiger charge is -2.26. The minimum atomic E-state index is -0.828. The van der Waals surface area contributed by atoms with E-state index in [4.69, 9.17) is 9.15 Å². The third-order valence-corrected chi connectivity index (χ3v) is 4.24. The Hall–Kier alpha value is -2.39. The molecule has 2 aliphatic rings. The van der Waals surface area contributed by atoms with Crippen LogP contribution in [0.4, 0.5) is 4.79 Å². The molecule has 25 heavy (non-hydrogen) atoms. The highest BCUT2D eigenvalue weighted by molar-refractivity contribution is 6.05. The molecule has 2 saturated heterocycles. The molecule has 3 rings (SSSR count). The third-order valence-electron chi connectivity index (χ3n) is 4.24. The fourth-order valence-electron chi connectivity index (χ4n) is 2.86. The van der Waals surface area contributed by atoms with Gasteiger partial charge in [0.2, 0.25) is 5.91 Å². The molecule has 9 heteroatoms. The summed E-state index contributed by atoms with van der Waals surface area (Å²) in [6, 6.07) is 2.04. The molecule has 0 radical (unpaired) electrons. The Morgan fingerprint density at radius 1 is 1.32 bits per heavy atom. The van der Waals surface area contributed by atoms with E-state index in [1.54, 1.807) is 12.1 Å². The van der Waals surface area contributed by atoms with E-state index in [1.807, 2.05) is 0 Å². The van der Waals surface area contributed by atoms with Crippen LogP contribution in [0.2, 0.25) is 0 Å². The van der Waals surface area contributed by atoms with E-state index in [0.717, 1.165) is 24.5 Å². The molecule has 1 atom stereocenters. The Kier molecular flexibility index (Phi) is 5.67. The minimum Gasteiger partial charge on any atom is -0.467 e. The molecule has 4 amide bonds. The molecule has 3 heterocycles. The van der Waals surface area contributed by atoms with Gasteiger partial charge in [-0.1, -0.05) is 0 Å². The molecule has 0 bridgehead atoms. The second kappa shape index (κ2) is 8.13. The van der Waals surface area contributed by atoms with E-state index in [0.29, 0.717) is 25.5 Å². The van der Waals surface area contributed by atoms with Gasteiger partial charge in [-0.05, 0) is 12.1 Å². The maximum absolute atomic E-state index is 12.3. The van der Waals surface area contributed by atoms with Gasteiger partial charge in [-0.15, -0.1) is 0 Å². The van der Waals surface area contributed by atoms with Gasteiger partial charge in [-0.2, -0.15) is 0 Å². The van der Waals surface area contributed by atoms with Crippen molar-refractivity contribution in [1.82, 2.24) is 20.4 Å². The second-order valence-corrected chi connectivity index (χ2v) is 6.01. The number of imide groups is 1. The van der Waals surface area contributed by atoms with Gasteiger partial charge in [0.25, 0.3) is 5.91 Å². The van der Waals surface area contributed by atoms with Crippen molar-refractivity contribution in [3.05, 3.63) is 24.2 Å². The zero-order valence-corrected chi connectivity index (χ0v) is 13.9. The van der Waals surface area contributed by atoms with Crippen LogP contribution in [0, 0.1) is 0 Å². The Morgan fingerprint density at radius 3 is 2.84 bits per heavy atom. The van der Waals surface area contributed by atoms with Crippen molar-refractivity contribution in [3.63, 3.8) is 0 Å². The molecule has 136 valence electrons. The van der Waals surface area contributed by atoms with Gasteiger partial charge < -0.3 is 19.8 Å². The van der Waals surface area contributed by atoms with Gasteiger partial charge >= 0.3 is 6.03 Å². The van der Waals surface area contributed by atoms with Crippen LogP contribution < -0.4 is 10.6 Å². The van der Waals surface area contributed by atoms with Gasteiger partial charge in [0, 0.05) is 26.2 Å². The average Bonchev–Trinajstić information content (AvgIpc) is 3.20. The number of nitrogens with one attached hydrogen (secondary N) is 2. The lowest BCUT2D eigenvalue weighted by Crippen LogP contribution is -2.42. The number of carbonyl (C=O) groups excluding carboxylic acids is 3. The number of amides is 4. The number of furan rings is 1. The number of nitrogens with zero attached hydrogens (tertiary/aromatic N) is 2. The number of carbonyl (C=O) groups is 3. The second-order valence-electron chi connectivity index (χ2n) is 6.01. The predicted molar refractivity (Wildman–Crippen MR) is 86.5 cm³/mol. The fraction of sp³-hybridized carbons (Fsp3) is 0.562. The van der Waals surface area contributed by atoms with Crippen LogP contribution in [-0.2, 0) is 20.9 Å². The Bertz CT molecular complexity index is 612. The number of urea groups is 1. The summed E-state index contributed by atoms with van der Waals surface area (Å²) in [5.74, 6) is -0.157. The van der Waals surface area contributed by atoms with E-state index in [1.165, 1.54) is 6.26 Å².